The predicted octanol–water partition coefficient (Wildman–Crippen LogP) is 0.508. The third-order valence-corrected chi connectivity index (χ3v) is 3.06. The first-order valence-electron chi connectivity index (χ1n) is 6.33. The molecule has 98 valence electrons. The number of hydrogen-bond donors (Lipinski definition) is 2. The zero-order valence-electron chi connectivity index (χ0n) is 10.4. The molecule has 1 aliphatic heterocycles. The lowest BCUT2D eigenvalue weighted by Crippen LogP contribution is -2.29. The van der Waals surface area contributed by atoms with Gasteiger partial charge in [0.1, 0.15) is 0 Å². The van der Waals surface area contributed by atoms with Gasteiger partial charge in [-0.05, 0) is 32.4 Å². The summed E-state index contributed by atoms with van der Waals surface area (Å²) in [6.07, 6.45) is 6.32. The number of rotatable bonds is 5. The summed E-state index contributed by atoms with van der Waals surface area (Å²) in [6.45, 7) is 6.18. The van der Waals surface area contributed by atoms with Crippen LogP contribution in [0.25, 0.3) is 0 Å². The van der Waals surface area contributed by atoms with Crippen molar-refractivity contribution in [2.75, 3.05) is 19.6 Å². The highest BCUT2D eigenvalue weighted by atomic mass is 16.2. The van der Waals surface area contributed by atoms with Crippen LogP contribution in [0.15, 0.2) is 18.9 Å². The molecule has 2 rings (SSSR count). The molecule has 2 heterocycles. The van der Waals surface area contributed by atoms with E-state index in [0.717, 1.165) is 32.4 Å². The van der Waals surface area contributed by atoms with Crippen LogP contribution in [0.5, 0.6) is 0 Å². The number of nitrogens with zero attached hydrogens (tertiary/aromatic N) is 3. The third-order valence-electron chi connectivity index (χ3n) is 3.06. The first-order chi connectivity index (χ1) is 8.81. The van der Waals surface area contributed by atoms with Gasteiger partial charge in [0, 0.05) is 6.54 Å². The minimum Gasteiger partial charge on any atom is -0.350 e. The van der Waals surface area contributed by atoms with Crippen molar-refractivity contribution in [2.45, 2.75) is 25.3 Å². The Bertz CT molecular complexity index is 408. The summed E-state index contributed by atoms with van der Waals surface area (Å²) in [7, 11) is 0. The summed E-state index contributed by atoms with van der Waals surface area (Å²) in [5, 5.41) is 14.0. The average molecular weight is 249 g/mol. The first-order valence-corrected chi connectivity index (χ1v) is 6.33. The maximum absolute atomic E-state index is 11.7. The van der Waals surface area contributed by atoms with Gasteiger partial charge in [-0.3, -0.25) is 4.79 Å². The van der Waals surface area contributed by atoms with Crippen LogP contribution in [0.3, 0.4) is 0 Å². The van der Waals surface area contributed by atoms with E-state index in [0.29, 0.717) is 18.3 Å². The molecule has 6 nitrogen and oxygen atoms in total. The van der Waals surface area contributed by atoms with E-state index >= 15 is 0 Å². The molecule has 18 heavy (non-hydrogen) atoms. The molecular formula is C12H19N5O. The number of aromatic nitrogens is 3. The molecule has 0 unspecified atom stereocenters. The molecule has 0 saturated carbocycles. The van der Waals surface area contributed by atoms with E-state index in [4.69, 9.17) is 0 Å². The summed E-state index contributed by atoms with van der Waals surface area (Å²) in [5.41, 5.74) is 0.387. The van der Waals surface area contributed by atoms with E-state index in [2.05, 4.69) is 27.5 Å². The van der Waals surface area contributed by atoms with E-state index < -0.39 is 0 Å². The number of carbonyl (C=O) groups excluding carboxylic acids is 1. The van der Waals surface area contributed by atoms with Crippen LogP contribution in [0, 0.1) is 0 Å². The van der Waals surface area contributed by atoms with Gasteiger partial charge in [0.15, 0.2) is 5.69 Å². The van der Waals surface area contributed by atoms with Gasteiger partial charge in [0.25, 0.3) is 5.91 Å². The molecule has 0 spiro atoms. The summed E-state index contributed by atoms with van der Waals surface area (Å²) in [6, 6.07) is 0.355. The Morgan fingerprint density at radius 2 is 2.39 bits per heavy atom. The Morgan fingerprint density at radius 1 is 1.61 bits per heavy atom. The Kier molecular flexibility index (Phi) is 4.46. The van der Waals surface area contributed by atoms with E-state index in [1.165, 1.54) is 0 Å². The summed E-state index contributed by atoms with van der Waals surface area (Å²) >= 11 is 0. The van der Waals surface area contributed by atoms with Crippen LogP contribution in [0.1, 0.15) is 35.8 Å². The van der Waals surface area contributed by atoms with E-state index in [1.54, 1.807) is 12.3 Å². The molecule has 1 aromatic heterocycles. The second-order valence-corrected chi connectivity index (χ2v) is 4.40. The van der Waals surface area contributed by atoms with Crippen molar-refractivity contribution in [3.63, 3.8) is 0 Å². The van der Waals surface area contributed by atoms with E-state index in [-0.39, 0.29) is 5.91 Å². The fourth-order valence-corrected chi connectivity index (χ4v) is 2.01. The highest BCUT2D eigenvalue weighted by Gasteiger charge is 2.18. The van der Waals surface area contributed by atoms with Gasteiger partial charge in [-0.25, -0.2) is 4.68 Å². The van der Waals surface area contributed by atoms with Gasteiger partial charge in [0.2, 0.25) is 0 Å². The van der Waals surface area contributed by atoms with Crippen molar-refractivity contribution < 1.29 is 4.79 Å². The molecule has 1 saturated heterocycles. The summed E-state index contributed by atoms with van der Waals surface area (Å²) < 4.78 is 1.81. The number of amides is 1. The molecule has 0 radical (unpaired) electrons. The Hall–Kier alpha value is -1.69. The van der Waals surface area contributed by atoms with Gasteiger partial charge >= 0.3 is 0 Å². The third kappa shape index (κ3) is 3.16. The van der Waals surface area contributed by atoms with Crippen LogP contribution < -0.4 is 10.6 Å². The second kappa shape index (κ2) is 6.30. The lowest BCUT2D eigenvalue weighted by atomic mass is 10.1. The number of carbonyl (C=O) groups is 1. The van der Waals surface area contributed by atoms with Gasteiger partial charge < -0.3 is 10.6 Å². The molecule has 0 bridgehead atoms. The number of hydrogen-bond acceptors (Lipinski definition) is 4. The van der Waals surface area contributed by atoms with Crippen LogP contribution in [-0.4, -0.2) is 40.5 Å². The highest BCUT2D eigenvalue weighted by molar-refractivity contribution is 5.91. The molecule has 0 aliphatic carbocycles. The quantitative estimate of drug-likeness (QED) is 0.589. The molecule has 1 fully saturated rings. The zero-order valence-corrected chi connectivity index (χ0v) is 10.4. The van der Waals surface area contributed by atoms with Gasteiger partial charge in [-0.1, -0.05) is 11.3 Å². The van der Waals surface area contributed by atoms with E-state index in [1.807, 2.05) is 4.68 Å². The van der Waals surface area contributed by atoms with Crippen LogP contribution in [0.4, 0.5) is 0 Å². The average Bonchev–Trinajstić information content (AvgIpc) is 2.89. The SMILES string of the molecule is C=CCCNC(=O)c1cn(C2CCNCC2)nn1. The predicted molar refractivity (Wildman–Crippen MR) is 68.3 cm³/mol. The molecule has 0 aromatic carbocycles. The largest absolute Gasteiger partial charge is 0.350 e. The molecule has 1 aromatic rings. The standard InChI is InChI=1S/C12H19N5O/c1-2-3-6-14-12(18)11-9-17(16-15-11)10-4-7-13-8-5-10/h2,9-10,13H,1,3-8H2,(H,14,18). The van der Waals surface area contributed by atoms with Crippen molar-refractivity contribution in [3.05, 3.63) is 24.5 Å². The number of piperidine rings is 1. The van der Waals surface area contributed by atoms with Crippen molar-refractivity contribution >= 4 is 5.91 Å². The molecule has 1 amide bonds. The fraction of sp³-hybridized carbons (Fsp3) is 0.583. The minimum atomic E-state index is -0.169. The Morgan fingerprint density at radius 3 is 3.11 bits per heavy atom. The lowest BCUT2D eigenvalue weighted by Gasteiger charge is -2.22. The van der Waals surface area contributed by atoms with Crippen LogP contribution in [-0.2, 0) is 0 Å². The Labute approximate surface area is 106 Å². The highest BCUT2D eigenvalue weighted by Crippen LogP contribution is 2.16. The normalized spacial score (nSPS) is 16.4. The molecule has 1 aliphatic rings. The van der Waals surface area contributed by atoms with Gasteiger partial charge in [-0.15, -0.1) is 11.7 Å². The summed E-state index contributed by atoms with van der Waals surface area (Å²) in [4.78, 5) is 11.7. The van der Waals surface area contributed by atoms with Gasteiger partial charge in [0.05, 0.1) is 12.2 Å². The van der Waals surface area contributed by atoms with Gasteiger partial charge in [-0.2, -0.15) is 0 Å². The summed E-state index contributed by atoms with van der Waals surface area (Å²) in [5.74, 6) is -0.169. The van der Waals surface area contributed by atoms with Crippen molar-refractivity contribution in [1.29, 1.82) is 0 Å². The Balaban J connectivity index is 1.92. The fourth-order valence-electron chi connectivity index (χ4n) is 2.01. The van der Waals surface area contributed by atoms with Crippen molar-refractivity contribution in [3.8, 4) is 0 Å². The minimum absolute atomic E-state index is 0.169. The molecule has 6 heteroatoms. The monoisotopic (exact) mass is 249 g/mol. The van der Waals surface area contributed by atoms with E-state index in [9.17, 15) is 4.79 Å². The van der Waals surface area contributed by atoms with Crippen LogP contribution >= 0.6 is 0 Å². The maximum Gasteiger partial charge on any atom is 0.273 e. The zero-order chi connectivity index (χ0) is 12.8. The molecule has 0 atom stereocenters. The van der Waals surface area contributed by atoms with Crippen LogP contribution in [0.2, 0.25) is 0 Å². The smallest absolute Gasteiger partial charge is 0.273 e. The molecular weight excluding hydrogens is 230 g/mol. The first kappa shape index (κ1) is 12.8. The lowest BCUT2D eigenvalue weighted by molar-refractivity contribution is 0.0949. The molecule has 2 N–H and O–H groups in total. The van der Waals surface area contributed by atoms with Crippen molar-refractivity contribution in [2.24, 2.45) is 0 Å². The maximum atomic E-state index is 11.7. The number of nitrogens with one attached hydrogen (secondary N) is 2. The second-order valence-electron chi connectivity index (χ2n) is 4.40. The topological polar surface area (TPSA) is 71.8 Å². The van der Waals surface area contributed by atoms with Crippen molar-refractivity contribution in [1.82, 2.24) is 25.6 Å².